The number of carbonyl (C=O) groups excluding carboxylic acids is 2. The van der Waals surface area contributed by atoms with E-state index in [1.807, 2.05) is 0 Å². The second kappa shape index (κ2) is 10.5. The number of anilines is 1. The summed E-state index contributed by atoms with van der Waals surface area (Å²) in [5, 5.41) is 15.2. The molecule has 188 valence electrons. The monoisotopic (exact) mass is 589 g/mol. The SMILES string of the molecule is CC1C(NC(=O)/C(=N\OCCOc2ccc(C(=N)N)cc2Br)c2csc(N)n2)C(=O)N1S(=O)(=O)O. The first kappa shape index (κ1) is 26.3. The van der Waals surface area contributed by atoms with E-state index in [4.69, 9.17) is 31.0 Å². The fraction of sp³-hybridized carbons (Fsp3) is 0.278. The number of nitrogens with zero attached hydrogens (tertiary/aromatic N) is 3. The topological polar surface area (TPSA) is 223 Å². The number of aromatic nitrogens is 1. The molecule has 14 nitrogen and oxygen atoms in total. The Morgan fingerprint density at radius 2 is 2.14 bits per heavy atom. The van der Waals surface area contributed by atoms with E-state index in [1.54, 1.807) is 18.2 Å². The maximum atomic E-state index is 12.8. The number of ether oxygens (including phenoxy) is 1. The molecular formula is C18H20BrN7O7S2. The minimum absolute atomic E-state index is 0.0388. The number of nitrogen functional groups attached to an aromatic ring is 2. The van der Waals surface area contributed by atoms with E-state index < -0.39 is 34.2 Å². The number of nitrogens with two attached hydrogens (primary N) is 2. The van der Waals surface area contributed by atoms with Crippen molar-refractivity contribution in [3.05, 3.63) is 39.3 Å². The third-order valence-corrected chi connectivity index (χ3v) is 6.98. The van der Waals surface area contributed by atoms with Gasteiger partial charge in [-0.1, -0.05) is 5.16 Å². The second-order valence-electron chi connectivity index (χ2n) is 7.06. The minimum Gasteiger partial charge on any atom is -0.489 e. The maximum Gasteiger partial charge on any atom is 0.362 e. The van der Waals surface area contributed by atoms with E-state index in [-0.39, 0.29) is 39.9 Å². The number of amides is 2. The predicted molar refractivity (Wildman–Crippen MR) is 129 cm³/mol. The van der Waals surface area contributed by atoms with Crippen LogP contribution >= 0.6 is 27.3 Å². The van der Waals surface area contributed by atoms with Gasteiger partial charge in [-0.25, -0.2) is 9.29 Å². The zero-order valence-corrected chi connectivity index (χ0v) is 21.2. The molecule has 0 spiro atoms. The Balaban J connectivity index is 1.64. The van der Waals surface area contributed by atoms with Gasteiger partial charge in [-0.3, -0.25) is 19.6 Å². The van der Waals surface area contributed by atoms with Crippen LogP contribution in [0, 0.1) is 5.41 Å². The van der Waals surface area contributed by atoms with Gasteiger partial charge in [-0.2, -0.15) is 8.42 Å². The van der Waals surface area contributed by atoms with Gasteiger partial charge in [0.05, 0.1) is 10.5 Å². The zero-order chi connectivity index (χ0) is 25.9. The lowest BCUT2D eigenvalue weighted by atomic mass is 10.0. The maximum absolute atomic E-state index is 12.8. The van der Waals surface area contributed by atoms with Crippen LogP contribution in [0.15, 0.2) is 33.2 Å². The Morgan fingerprint density at radius 1 is 1.43 bits per heavy atom. The Kier molecular flexibility index (Phi) is 7.93. The highest BCUT2D eigenvalue weighted by atomic mass is 79.9. The molecule has 7 N–H and O–H groups in total. The molecule has 0 saturated carbocycles. The van der Waals surface area contributed by atoms with Gasteiger partial charge in [-0.15, -0.1) is 11.3 Å². The van der Waals surface area contributed by atoms with E-state index in [0.717, 1.165) is 11.3 Å². The lowest BCUT2D eigenvalue weighted by molar-refractivity contribution is -0.143. The van der Waals surface area contributed by atoms with Gasteiger partial charge in [0.1, 0.15) is 29.9 Å². The van der Waals surface area contributed by atoms with Crippen LogP contribution in [0.5, 0.6) is 5.75 Å². The summed E-state index contributed by atoms with van der Waals surface area (Å²) in [6.45, 7) is 1.30. The van der Waals surface area contributed by atoms with Crippen molar-refractivity contribution < 1.29 is 32.1 Å². The van der Waals surface area contributed by atoms with Gasteiger partial charge in [-0.05, 0) is 41.1 Å². The van der Waals surface area contributed by atoms with Crippen molar-refractivity contribution in [2.45, 2.75) is 19.0 Å². The van der Waals surface area contributed by atoms with E-state index in [2.05, 4.69) is 31.4 Å². The van der Waals surface area contributed by atoms with Crippen molar-refractivity contribution in [1.29, 1.82) is 5.41 Å². The molecule has 17 heteroatoms. The molecule has 2 atom stereocenters. The quantitative estimate of drug-likeness (QED) is 0.0626. The van der Waals surface area contributed by atoms with Crippen molar-refractivity contribution in [2.75, 3.05) is 18.9 Å². The second-order valence-corrected chi connectivity index (χ2v) is 10.1. The summed E-state index contributed by atoms with van der Waals surface area (Å²) in [5.41, 5.74) is 11.4. The number of rotatable bonds is 10. The average molecular weight is 590 g/mol. The summed E-state index contributed by atoms with van der Waals surface area (Å²) < 4.78 is 38.0. The Bertz CT molecular complexity index is 1300. The molecule has 2 heterocycles. The molecule has 1 saturated heterocycles. The minimum atomic E-state index is -4.74. The highest BCUT2D eigenvalue weighted by Gasteiger charge is 2.51. The molecule has 0 bridgehead atoms. The largest absolute Gasteiger partial charge is 0.489 e. The van der Waals surface area contributed by atoms with Crippen LogP contribution in [0.2, 0.25) is 0 Å². The first-order valence-electron chi connectivity index (χ1n) is 9.69. The third kappa shape index (κ3) is 6.05. The molecular weight excluding hydrogens is 570 g/mol. The normalized spacial score (nSPS) is 18.1. The number of β-lactam (4-membered cyclic amide) rings is 1. The van der Waals surface area contributed by atoms with Crippen molar-refractivity contribution in [3.63, 3.8) is 0 Å². The van der Waals surface area contributed by atoms with Crippen LogP contribution in [0.4, 0.5) is 5.13 Å². The zero-order valence-electron chi connectivity index (χ0n) is 18.0. The first-order chi connectivity index (χ1) is 16.4. The van der Waals surface area contributed by atoms with Gasteiger partial charge in [0.2, 0.25) is 0 Å². The smallest absolute Gasteiger partial charge is 0.362 e. The molecule has 1 aromatic heterocycles. The van der Waals surface area contributed by atoms with Gasteiger partial charge in [0, 0.05) is 10.9 Å². The molecule has 1 fully saturated rings. The summed E-state index contributed by atoms with van der Waals surface area (Å²) >= 11 is 4.37. The highest BCUT2D eigenvalue weighted by molar-refractivity contribution is 9.10. The number of thiazole rings is 1. The number of hydrogen-bond donors (Lipinski definition) is 5. The predicted octanol–water partition coefficient (Wildman–Crippen LogP) is 0.0899. The number of halogens is 1. The summed E-state index contributed by atoms with van der Waals surface area (Å²) in [7, 11) is -4.74. The van der Waals surface area contributed by atoms with Crippen LogP contribution in [-0.2, 0) is 24.7 Å². The Labute approximate surface area is 211 Å². The molecule has 35 heavy (non-hydrogen) atoms. The summed E-state index contributed by atoms with van der Waals surface area (Å²) in [6, 6.07) is 2.64. The van der Waals surface area contributed by atoms with Gasteiger partial charge in [0.15, 0.2) is 17.5 Å². The lowest BCUT2D eigenvalue weighted by Gasteiger charge is -2.42. The standard InChI is InChI=1S/C18H20BrN7O7S2/c1-8-13(17(28)26(8)35(29,30)31)24-16(27)14(11-7-34-18(22)23-11)25-33-5-4-32-12-3-2-9(15(20)21)6-10(12)19/h2-3,6-8,13H,4-5H2,1H3,(H3,20,21)(H2,22,23)(H,24,27)(H,29,30,31)/b25-14-. The van der Waals surface area contributed by atoms with E-state index in [0.29, 0.717) is 15.8 Å². The molecule has 1 aromatic carbocycles. The number of amidine groups is 1. The molecule has 2 unspecified atom stereocenters. The van der Waals surface area contributed by atoms with Crippen LogP contribution in [0.1, 0.15) is 18.2 Å². The van der Waals surface area contributed by atoms with Gasteiger partial charge >= 0.3 is 10.3 Å². The number of nitrogens with one attached hydrogen (secondary N) is 2. The number of benzene rings is 1. The van der Waals surface area contributed by atoms with Crippen LogP contribution in [0.25, 0.3) is 0 Å². The number of oxime groups is 1. The molecule has 3 rings (SSSR count). The molecule has 1 aliphatic heterocycles. The summed E-state index contributed by atoms with van der Waals surface area (Å²) in [6.07, 6.45) is 0. The van der Waals surface area contributed by atoms with Crippen molar-refractivity contribution >= 4 is 66.1 Å². The van der Waals surface area contributed by atoms with Crippen LogP contribution < -0.4 is 21.5 Å². The van der Waals surface area contributed by atoms with Crippen molar-refractivity contribution in [3.8, 4) is 5.75 Å². The lowest BCUT2D eigenvalue weighted by Crippen LogP contribution is -2.71. The van der Waals surface area contributed by atoms with Gasteiger partial charge < -0.3 is 26.4 Å². The van der Waals surface area contributed by atoms with E-state index in [9.17, 15) is 18.0 Å². The van der Waals surface area contributed by atoms with Crippen LogP contribution in [-0.4, -0.2) is 70.9 Å². The van der Waals surface area contributed by atoms with E-state index >= 15 is 0 Å². The fourth-order valence-electron chi connectivity index (χ4n) is 3.00. The third-order valence-electron chi connectivity index (χ3n) is 4.68. The molecule has 1 aliphatic rings. The van der Waals surface area contributed by atoms with Gasteiger partial charge in [0.25, 0.3) is 11.8 Å². The Hall–Kier alpha value is -3.28. The molecule has 0 radical (unpaired) electrons. The fourth-order valence-corrected chi connectivity index (χ4v) is 4.92. The highest BCUT2D eigenvalue weighted by Crippen LogP contribution is 2.26. The molecule has 2 amide bonds. The molecule has 0 aliphatic carbocycles. The average Bonchev–Trinajstić information content (AvgIpc) is 3.20. The Morgan fingerprint density at radius 3 is 2.69 bits per heavy atom. The first-order valence-corrected chi connectivity index (χ1v) is 12.8. The molecule has 2 aromatic rings. The number of carbonyl (C=O) groups is 2. The summed E-state index contributed by atoms with van der Waals surface area (Å²) in [4.78, 5) is 34.0. The van der Waals surface area contributed by atoms with Crippen molar-refractivity contribution in [2.24, 2.45) is 10.9 Å². The summed E-state index contributed by atoms with van der Waals surface area (Å²) in [5.74, 6) is -1.49. The van der Waals surface area contributed by atoms with Crippen molar-refractivity contribution in [1.82, 2.24) is 14.6 Å². The number of hydrogen-bond acceptors (Lipinski definition) is 11. The van der Waals surface area contributed by atoms with Crippen LogP contribution in [0.3, 0.4) is 0 Å². The van der Waals surface area contributed by atoms with E-state index in [1.165, 1.54) is 12.3 Å².